The Bertz CT molecular complexity index is 1250. The van der Waals surface area contributed by atoms with E-state index in [2.05, 4.69) is 32.3 Å². The minimum Gasteiger partial charge on any atom is -0.497 e. The molecule has 1 saturated carbocycles. The van der Waals surface area contributed by atoms with Crippen LogP contribution in [0.2, 0.25) is 0 Å². The summed E-state index contributed by atoms with van der Waals surface area (Å²) in [6.07, 6.45) is 5.93. The molecule has 1 aliphatic carbocycles. The summed E-state index contributed by atoms with van der Waals surface area (Å²) in [4.78, 5) is 11.7. The number of benzene rings is 2. The molecule has 1 N–H and O–H groups in total. The minimum absolute atomic E-state index is 0.00143. The van der Waals surface area contributed by atoms with Crippen LogP contribution < -0.4 is 14.4 Å². The number of fused-ring (bicyclic) bond motifs is 1. The van der Waals surface area contributed by atoms with Crippen molar-refractivity contribution in [2.75, 3.05) is 32.3 Å². The van der Waals surface area contributed by atoms with Gasteiger partial charge in [0.15, 0.2) is 0 Å². The Morgan fingerprint density at radius 2 is 1.79 bits per heavy atom. The molecular formula is C24H26N6O3. The zero-order valence-corrected chi connectivity index (χ0v) is 18.7. The van der Waals surface area contributed by atoms with E-state index in [0.29, 0.717) is 23.9 Å². The zero-order valence-electron chi connectivity index (χ0n) is 18.7. The summed E-state index contributed by atoms with van der Waals surface area (Å²) in [7, 11) is 3.32. The summed E-state index contributed by atoms with van der Waals surface area (Å²) in [5.74, 6) is 2.16. The third-order valence-electron chi connectivity index (χ3n) is 5.75. The molecule has 0 bridgehead atoms. The van der Waals surface area contributed by atoms with E-state index in [1.54, 1.807) is 31.3 Å². The third kappa shape index (κ3) is 4.58. The van der Waals surface area contributed by atoms with Gasteiger partial charge in [-0.05, 0) is 37.0 Å². The molecule has 170 valence electrons. The number of nitrogens with zero attached hydrogens (tertiary/aromatic N) is 6. The van der Waals surface area contributed by atoms with E-state index >= 15 is 0 Å². The molecule has 2 aromatic heterocycles. The molecule has 0 unspecified atom stereocenters. The SMILES string of the molecule is COc1cc(OC)cc(N(CC2CC2)c2ccc3ncc(-c4cn(CCO)nn4)nc3c2)c1. The number of aliphatic hydroxyl groups is 1. The molecule has 4 aromatic rings. The van der Waals surface area contributed by atoms with Crippen molar-refractivity contribution in [1.29, 1.82) is 0 Å². The fourth-order valence-corrected chi connectivity index (χ4v) is 3.79. The highest BCUT2D eigenvalue weighted by molar-refractivity contribution is 5.82. The Kier molecular flexibility index (Phi) is 5.78. The van der Waals surface area contributed by atoms with Gasteiger partial charge in [0.1, 0.15) is 22.9 Å². The fraction of sp³-hybridized carbons (Fsp3) is 0.333. The predicted octanol–water partition coefficient (Wildman–Crippen LogP) is 3.45. The Labute approximate surface area is 191 Å². The largest absolute Gasteiger partial charge is 0.497 e. The Balaban J connectivity index is 1.54. The van der Waals surface area contributed by atoms with Gasteiger partial charge in [-0.1, -0.05) is 5.21 Å². The van der Waals surface area contributed by atoms with Gasteiger partial charge in [0.25, 0.3) is 0 Å². The maximum atomic E-state index is 9.11. The third-order valence-corrected chi connectivity index (χ3v) is 5.75. The van der Waals surface area contributed by atoms with Crippen LogP contribution in [0.15, 0.2) is 48.8 Å². The first-order chi connectivity index (χ1) is 16.2. The van der Waals surface area contributed by atoms with Crippen molar-refractivity contribution < 1.29 is 14.6 Å². The summed E-state index contributed by atoms with van der Waals surface area (Å²) in [6, 6.07) is 12.0. The predicted molar refractivity (Wildman–Crippen MR) is 125 cm³/mol. The standard InChI is InChI=1S/C24H26N6O3/c1-32-19-9-18(10-20(12-19)33-2)30(14-16-3-4-16)17-5-6-21-22(11-17)26-23(13-25-21)24-15-29(7-8-31)28-27-24/h5-6,9-13,15-16,31H,3-4,7-8,14H2,1-2H3. The van der Waals surface area contributed by atoms with Gasteiger partial charge < -0.3 is 19.5 Å². The number of aromatic nitrogens is 5. The molecule has 1 fully saturated rings. The van der Waals surface area contributed by atoms with Crippen LogP contribution in [0.3, 0.4) is 0 Å². The lowest BCUT2D eigenvalue weighted by Gasteiger charge is -2.26. The number of aliphatic hydroxyl groups excluding tert-OH is 1. The van der Waals surface area contributed by atoms with Gasteiger partial charge in [0.2, 0.25) is 0 Å². The molecule has 0 amide bonds. The summed E-state index contributed by atoms with van der Waals surface area (Å²) in [6.45, 7) is 1.30. The molecule has 0 saturated heterocycles. The topological polar surface area (TPSA) is 98.4 Å². The molecule has 1 aliphatic rings. The van der Waals surface area contributed by atoms with Gasteiger partial charge in [-0.3, -0.25) is 4.98 Å². The lowest BCUT2D eigenvalue weighted by Crippen LogP contribution is -2.20. The summed E-state index contributed by atoms with van der Waals surface area (Å²) in [5.41, 5.74) is 4.88. The van der Waals surface area contributed by atoms with Crippen LogP contribution >= 0.6 is 0 Å². The Hall–Kier alpha value is -3.72. The van der Waals surface area contributed by atoms with Crippen LogP contribution in [0.5, 0.6) is 11.5 Å². The highest BCUT2D eigenvalue weighted by Crippen LogP contribution is 2.38. The average molecular weight is 447 g/mol. The van der Waals surface area contributed by atoms with Crippen LogP contribution in [0.4, 0.5) is 11.4 Å². The second-order valence-electron chi connectivity index (χ2n) is 8.14. The van der Waals surface area contributed by atoms with Crippen LogP contribution in [-0.2, 0) is 6.54 Å². The van der Waals surface area contributed by atoms with Crippen molar-refractivity contribution in [2.24, 2.45) is 5.92 Å². The van der Waals surface area contributed by atoms with Crippen molar-refractivity contribution in [3.8, 4) is 22.9 Å². The number of hydrogen-bond donors (Lipinski definition) is 1. The zero-order chi connectivity index (χ0) is 22.8. The molecule has 9 heteroatoms. The number of hydrogen-bond acceptors (Lipinski definition) is 8. The second-order valence-corrected chi connectivity index (χ2v) is 8.14. The normalized spacial score (nSPS) is 13.3. The van der Waals surface area contributed by atoms with Crippen molar-refractivity contribution in [2.45, 2.75) is 19.4 Å². The molecule has 33 heavy (non-hydrogen) atoms. The molecule has 2 heterocycles. The van der Waals surface area contributed by atoms with Gasteiger partial charge in [-0.15, -0.1) is 5.10 Å². The minimum atomic E-state index is 0.00143. The number of methoxy groups -OCH3 is 2. The highest BCUT2D eigenvalue weighted by Gasteiger charge is 2.26. The van der Waals surface area contributed by atoms with Gasteiger partial charge in [-0.25, -0.2) is 9.67 Å². The number of anilines is 2. The first-order valence-corrected chi connectivity index (χ1v) is 11.0. The fourth-order valence-electron chi connectivity index (χ4n) is 3.79. The summed E-state index contributed by atoms with van der Waals surface area (Å²) in [5, 5.41) is 17.3. The quantitative estimate of drug-likeness (QED) is 0.417. The van der Waals surface area contributed by atoms with Crippen molar-refractivity contribution >= 4 is 22.4 Å². The van der Waals surface area contributed by atoms with Gasteiger partial charge >= 0.3 is 0 Å². The summed E-state index contributed by atoms with van der Waals surface area (Å²) >= 11 is 0. The molecule has 0 atom stereocenters. The maximum Gasteiger partial charge on any atom is 0.133 e. The van der Waals surface area contributed by atoms with Gasteiger partial charge in [-0.2, -0.15) is 0 Å². The maximum absolute atomic E-state index is 9.11. The molecule has 0 spiro atoms. The van der Waals surface area contributed by atoms with E-state index in [-0.39, 0.29) is 6.61 Å². The van der Waals surface area contributed by atoms with E-state index in [9.17, 15) is 0 Å². The van der Waals surface area contributed by atoms with E-state index in [1.165, 1.54) is 12.8 Å². The van der Waals surface area contributed by atoms with Crippen molar-refractivity contribution in [3.05, 3.63) is 48.8 Å². The smallest absolute Gasteiger partial charge is 0.133 e. The van der Waals surface area contributed by atoms with Crippen LogP contribution in [0.25, 0.3) is 22.4 Å². The van der Waals surface area contributed by atoms with Crippen LogP contribution in [-0.4, -0.2) is 57.4 Å². The lowest BCUT2D eigenvalue weighted by atomic mass is 10.1. The highest BCUT2D eigenvalue weighted by atomic mass is 16.5. The van der Waals surface area contributed by atoms with E-state index in [4.69, 9.17) is 19.6 Å². The van der Waals surface area contributed by atoms with Crippen LogP contribution in [0.1, 0.15) is 12.8 Å². The number of rotatable bonds is 9. The van der Waals surface area contributed by atoms with Crippen molar-refractivity contribution in [3.63, 3.8) is 0 Å². The monoisotopic (exact) mass is 446 g/mol. The second kappa shape index (κ2) is 9.03. The Morgan fingerprint density at radius 3 is 2.48 bits per heavy atom. The molecule has 0 radical (unpaired) electrons. The lowest BCUT2D eigenvalue weighted by molar-refractivity contribution is 0.268. The molecule has 5 rings (SSSR count). The van der Waals surface area contributed by atoms with Crippen LogP contribution in [0, 0.1) is 5.92 Å². The number of ether oxygens (including phenoxy) is 2. The molecular weight excluding hydrogens is 420 g/mol. The van der Waals surface area contributed by atoms with E-state index < -0.39 is 0 Å². The van der Waals surface area contributed by atoms with Gasteiger partial charge in [0, 0.05) is 36.1 Å². The van der Waals surface area contributed by atoms with Gasteiger partial charge in [0.05, 0.1) is 50.8 Å². The average Bonchev–Trinajstić information content (AvgIpc) is 3.56. The molecule has 0 aliphatic heterocycles. The molecule has 2 aromatic carbocycles. The first-order valence-electron chi connectivity index (χ1n) is 11.0. The van der Waals surface area contributed by atoms with E-state index in [0.717, 1.165) is 40.5 Å². The van der Waals surface area contributed by atoms with Crippen molar-refractivity contribution in [1.82, 2.24) is 25.0 Å². The Morgan fingerprint density at radius 1 is 1.00 bits per heavy atom. The van der Waals surface area contributed by atoms with E-state index in [1.807, 2.05) is 24.3 Å². The molecule has 9 nitrogen and oxygen atoms in total. The summed E-state index contributed by atoms with van der Waals surface area (Å²) < 4.78 is 12.6. The first kappa shape index (κ1) is 21.1.